The summed E-state index contributed by atoms with van der Waals surface area (Å²) in [6.45, 7) is 3.50. The van der Waals surface area contributed by atoms with Crippen molar-refractivity contribution in [3.8, 4) is 0 Å². The van der Waals surface area contributed by atoms with Crippen LogP contribution in [0.5, 0.6) is 0 Å². The minimum atomic E-state index is -1.04. The number of hydrogen-bond donors (Lipinski definition) is 2. The van der Waals surface area contributed by atoms with Crippen molar-refractivity contribution in [2.75, 3.05) is 0 Å². The van der Waals surface area contributed by atoms with Crippen LogP contribution in [-0.2, 0) is 4.79 Å². The quantitative estimate of drug-likeness (QED) is 0.865. The summed E-state index contributed by atoms with van der Waals surface area (Å²) in [4.78, 5) is 27.0. The van der Waals surface area contributed by atoms with Gasteiger partial charge < -0.3 is 14.8 Å². The number of nitrogens with one attached hydrogen (secondary N) is 1. The Bertz CT molecular complexity index is 618. The van der Waals surface area contributed by atoms with E-state index in [1.807, 2.05) is 0 Å². The van der Waals surface area contributed by atoms with Crippen LogP contribution in [0.4, 0.5) is 0 Å². The number of imidazole rings is 1. The van der Waals surface area contributed by atoms with Crippen molar-refractivity contribution in [2.45, 2.75) is 19.9 Å². The van der Waals surface area contributed by atoms with Crippen LogP contribution in [0.3, 0.4) is 0 Å². The molecule has 0 aromatic carbocycles. The lowest BCUT2D eigenvalue weighted by molar-refractivity contribution is -0.140. The standard InChI is InChI=1S/C13H15N3O3/c1-8(2)11(13(18)19)15-12(17)9-3-4-10-5-14-7-16(10)6-9/h3-8,11H,1-2H3,(H,15,17)(H,18,19)/t11-/m1/s1. The van der Waals surface area contributed by atoms with Crippen molar-refractivity contribution >= 4 is 17.4 Å². The van der Waals surface area contributed by atoms with Gasteiger partial charge in [0.05, 0.1) is 23.6 Å². The van der Waals surface area contributed by atoms with E-state index in [0.29, 0.717) is 5.56 Å². The van der Waals surface area contributed by atoms with Crippen LogP contribution in [0.1, 0.15) is 24.2 Å². The first-order chi connectivity index (χ1) is 8.99. The van der Waals surface area contributed by atoms with Gasteiger partial charge in [0.25, 0.3) is 5.91 Å². The summed E-state index contributed by atoms with van der Waals surface area (Å²) < 4.78 is 1.71. The molecule has 2 rings (SSSR count). The summed E-state index contributed by atoms with van der Waals surface area (Å²) in [6, 6.07) is 2.50. The molecule has 0 spiro atoms. The molecule has 19 heavy (non-hydrogen) atoms. The van der Waals surface area contributed by atoms with Crippen LogP contribution < -0.4 is 5.32 Å². The van der Waals surface area contributed by atoms with Gasteiger partial charge in [-0.1, -0.05) is 13.8 Å². The number of hydrogen-bond acceptors (Lipinski definition) is 3. The van der Waals surface area contributed by atoms with Crippen LogP contribution in [0.15, 0.2) is 30.9 Å². The number of amides is 1. The third-order valence-electron chi connectivity index (χ3n) is 2.89. The highest BCUT2D eigenvalue weighted by Crippen LogP contribution is 2.08. The molecule has 0 saturated heterocycles. The molecule has 6 nitrogen and oxygen atoms in total. The normalized spacial score (nSPS) is 12.6. The minimum absolute atomic E-state index is 0.182. The first kappa shape index (κ1) is 13.1. The monoisotopic (exact) mass is 261 g/mol. The number of aliphatic carboxylic acids is 1. The van der Waals surface area contributed by atoms with Crippen molar-refractivity contribution in [3.63, 3.8) is 0 Å². The van der Waals surface area contributed by atoms with E-state index in [9.17, 15) is 9.59 Å². The molecule has 0 saturated carbocycles. The van der Waals surface area contributed by atoms with Crippen LogP contribution >= 0.6 is 0 Å². The van der Waals surface area contributed by atoms with E-state index >= 15 is 0 Å². The van der Waals surface area contributed by atoms with Crippen LogP contribution in [0.2, 0.25) is 0 Å². The summed E-state index contributed by atoms with van der Waals surface area (Å²) in [5, 5.41) is 11.6. The summed E-state index contributed by atoms with van der Waals surface area (Å²) >= 11 is 0. The highest BCUT2D eigenvalue weighted by Gasteiger charge is 2.23. The number of carbonyl (C=O) groups is 2. The highest BCUT2D eigenvalue weighted by molar-refractivity contribution is 5.96. The molecule has 2 N–H and O–H groups in total. The number of rotatable bonds is 4. The maximum atomic E-state index is 12.0. The fourth-order valence-electron chi connectivity index (χ4n) is 1.79. The molecule has 2 heterocycles. The van der Waals surface area contributed by atoms with Gasteiger partial charge in [0.1, 0.15) is 6.04 Å². The zero-order chi connectivity index (χ0) is 14.0. The summed E-state index contributed by atoms with van der Waals surface area (Å²) in [7, 11) is 0. The van der Waals surface area contributed by atoms with Crippen LogP contribution in [0, 0.1) is 5.92 Å². The number of pyridine rings is 1. The Morgan fingerprint density at radius 1 is 1.37 bits per heavy atom. The average molecular weight is 261 g/mol. The van der Waals surface area contributed by atoms with Gasteiger partial charge in [-0.15, -0.1) is 0 Å². The van der Waals surface area contributed by atoms with E-state index in [0.717, 1.165) is 5.52 Å². The van der Waals surface area contributed by atoms with E-state index in [4.69, 9.17) is 5.11 Å². The Balaban J connectivity index is 2.21. The molecule has 6 heteroatoms. The van der Waals surface area contributed by atoms with E-state index in [1.54, 1.807) is 49.1 Å². The zero-order valence-electron chi connectivity index (χ0n) is 10.7. The summed E-state index contributed by atoms with van der Waals surface area (Å²) in [5.74, 6) is -1.62. The van der Waals surface area contributed by atoms with Crippen LogP contribution in [0.25, 0.3) is 5.52 Å². The lowest BCUT2D eigenvalue weighted by Gasteiger charge is -2.17. The molecular weight excluding hydrogens is 246 g/mol. The molecule has 2 aromatic rings. The number of fused-ring (bicyclic) bond motifs is 1. The Labute approximate surface area is 110 Å². The second kappa shape index (κ2) is 5.09. The smallest absolute Gasteiger partial charge is 0.326 e. The van der Waals surface area contributed by atoms with E-state index < -0.39 is 17.9 Å². The zero-order valence-corrected chi connectivity index (χ0v) is 10.7. The third kappa shape index (κ3) is 2.73. The number of carbonyl (C=O) groups excluding carboxylic acids is 1. The van der Waals surface area contributed by atoms with Gasteiger partial charge >= 0.3 is 5.97 Å². The fourth-order valence-corrected chi connectivity index (χ4v) is 1.79. The number of nitrogens with zero attached hydrogens (tertiary/aromatic N) is 2. The van der Waals surface area contributed by atoms with Crippen molar-refractivity contribution in [1.29, 1.82) is 0 Å². The second-order valence-electron chi connectivity index (χ2n) is 4.68. The van der Waals surface area contributed by atoms with Crippen molar-refractivity contribution in [3.05, 3.63) is 36.4 Å². The molecule has 2 aromatic heterocycles. The van der Waals surface area contributed by atoms with Gasteiger partial charge in [0, 0.05) is 6.20 Å². The molecule has 0 fully saturated rings. The minimum Gasteiger partial charge on any atom is -0.480 e. The van der Waals surface area contributed by atoms with Gasteiger partial charge in [-0.25, -0.2) is 9.78 Å². The maximum absolute atomic E-state index is 12.0. The molecule has 0 aliphatic heterocycles. The van der Waals surface area contributed by atoms with Gasteiger partial charge in [0.15, 0.2) is 0 Å². The molecule has 0 bridgehead atoms. The fraction of sp³-hybridized carbons (Fsp3) is 0.308. The molecule has 0 unspecified atom stereocenters. The molecule has 1 atom stereocenters. The number of aromatic nitrogens is 2. The van der Waals surface area contributed by atoms with Gasteiger partial charge in [-0.3, -0.25) is 4.79 Å². The van der Waals surface area contributed by atoms with Crippen LogP contribution in [-0.4, -0.2) is 32.4 Å². The van der Waals surface area contributed by atoms with E-state index in [2.05, 4.69) is 10.3 Å². The largest absolute Gasteiger partial charge is 0.480 e. The Morgan fingerprint density at radius 3 is 2.74 bits per heavy atom. The summed E-state index contributed by atoms with van der Waals surface area (Å²) in [6.07, 6.45) is 4.88. The molecule has 0 aliphatic rings. The second-order valence-corrected chi connectivity index (χ2v) is 4.68. The van der Waals surface area contributed by atoms with Crippen molar-refractivity contribution < 1.29 is 14.7 Å². The van der Waals surface area contributed by atoms with Gasteiger partial charge in [0.2, 0.25) is 0 Å². The Hall–Kier alpha value is -2.37. The lowest BCUT2D eigenvalue weighted by Crippen LogP contribution is -2.44. The van der Waals surface area contributed by atoms with Crippen molar-refractivity contribution in [2.24, 2.45) is 5.92 Å². The maximum Gasteiger partial charge on any atom is 0.326 e. The molecular formula is C13H15N3O3. The number of carboxylic acids is 1. The SMILES string of the molecule is CC(C)[C@@H](NC(=O)c1ccc2cncn2c1)C(=O)O. The lowest BCUT2D eigenvalue weighted by atomic mass is 10.0. The summed E-state index contributed by atoms with van der Waals surface area (Å²) in [5.41, 5.74) is 1.27. The highest BCUT2D eigenvalue weighted by atomic mass is 16.4. The predicted octanol–water partition coefficient (Wildman–Crippen LogP) is 1.17. The topological polar surface area (TPSA) is 83.7 Å². The Morgan fingerprint density at radius 2 is 2.11 bits per heavy atom. The first-order valence-corrected chi connectivity index (χ1v) is 5.94. The molecule has 0 radical (unpaired) electrons. The third-order valence-corrected chi connectivity index (χ3v) is 2.89. The van der Waals surface area contributed by atoms with Gasteiger partial charge in [-0.2, -0.15) is 0 Å². The average Bonchev–Trinajstić information content (AvgIpc) is 2.81. The molecule has 0 aliphatic carbocycles. The Kier molecular flexibility index (Phi) is 3.50. The van der Waals surface area contributed by atoms with Crippen molar-refractivity contribution in [1.82, 2.24) is 14.7 Å². The molecule has 1 amide bonds. The van der Waals surface area contributed by atoms with Gasteiger partial charge in [-0.05, 0) is 18.1 Å². The van der Waals surface area contributed by atoms with E-state index in [1.165, 1.54) is 0 Å². The molecule has 100 valence electrons. The predicted molar refractivity (Wildman–Crippen MR) is 68.9 cm³/mol. The van der Waals surface area contributed by atoms with E-state index in [-0.39, 0.29) is 5.92 Å². The number of carboxylic acid groups (broad SMARTS) is 1. The first-order valence-electron chi connectivity index (χ1n) is 5.94.